The van der Waals surface area contributed by atoms with E-state index in [1.54, 1.807) is 17.7 Å². The number of carbonyl (C=O) groups is 1. The number of aromatic nitrogens is 2. The summed E-state index contributed by atoms with van der Waals surface area (Å²) in [5.74, 6) is 1.35. The largest absolute Gasteiger partial charge is 0.360 e. The first-order valence-electron chi connectivity index (χ1n) is 7.88. The van der Waals surface area contributed by atoms with Crippen LogP contribution in [0.4, 0.5) is 5.82 Å². The Hall–Kier alpha value is -1.69. The van der Waals surface area contributed by atoms with Gasteiger partial charge in [-0.15, -0.1) is 11.3 Å². The van der Waals surface area contributed by atoms with E-state index < -0.39 is 0 Å². The highest BCUT2D eigenvalue weighted by Crippen LogP contribution is 2.27. The molecule has 22 heavy (non-hydrogen) atoms. The molecule has 2 atom stereocenters. The lowest BCUT2D eigenvalue weighted by molar-refractivity contribution is -0.120. The van der Waals surface area contributed by atoms with Gasteiger partial charge in [0.15, 0.2) is 0 Å². The summed E-state index contributed by atoms with van der Waals surface area (Å²) in [7, 11) is 0. The lowest BCUT2D eigenvalue weighted by Gasteiger charge is -2.29. The Bertz CT molecular complexity index is 669. The fourth-order valence-corrected chi connectivity index (χ4v) is 3.92. The highest BCUT2D eigenvalue weighted by Gasteiger charge is 2.22. The third kappa shape index (κ3) is 3.38. The summed E-state index contributed by atoms with van der Waals surface area (Å²) in [5.41, 5.74) is 0. The molecule has 2 aromatic heterocycles. The van der Waals surface area contributed by atoms with E-state index in [4.69, 9.17) is 0 Å². The lowest BCUT2D eigenvalue weighted by Crippen LogP contribution is -2.43. The average molecular weight is 318 g/mol. The molecule has 3 rings (SSSR count). The Labute approximate surface area is 134 Å². The summed E-state index contributed by atoms with van der Waals surface area (Å²) in [5, 5.41) is 7.29. The van der Waals surface area contributed by atoms with E-state index in [-0.39, 0.29) is 12.5 Å². The Morgan fingerprint density at radius 3 is 3.00 bits per heavy atom. The molecular weight excluding hydrogens is 296 g/mol. The number of carbonyl (C=O) groups excluding carboxylic acids is 1. The van der Waals surface area contributed by atoms with Gasteiger partial charge in [0, 0.05) is 10.9 Å². The summed E-state index contributed by atoms with van der Waals surface area (Å²) in [6.07, 6.45) is 6.33. The maximum absolute atomic E-state index is 12.2. The molecule has 1 saturated carbocycles. The SMILES string of the molecule is Cc1cc2c(NCC(=O)NC3CCCCC3C)ncnc2s1. The quantitative estimate of drug-likeness (QED) is 0.909. The number of fused-ring (bicyclic) bond motifs is 1. The van der Waals surface area contributed by atoms with Gasteiger partial charge in [-0.2, -0.15) is 0 Å². The summed E-state index contributed by atoms with van der Waals surface area (Å²) >= 11 is 1.64. The summed E-state index contributed by atoms with van der Waals surface area (Å²) < 4.78 is 0. The molecule has 2 heterocycles. The van der Waals surface area contributed by atoms with E-state index in [1.807, 2.05) is 6.92 Å². The van der Waals surface area contributed by atoms with Crippen LogP contribution in [0.3, 0.4) is 0 Å². The lowest BCUT2D eigenvalue weighted by atomic mass is 9.86. The monoisotopic (exact) mass is 318 g/mol. The van der Waals surface area contributed by atoms with Gasteiger partial charge in [-0.1, -0.05) is 19.8 Å². The van der Waals surface area contributed by atoms with Crippen molar-refractivity contribution in [1.29, 1.82) is 0 Å². The molecule has 5 nitrogen and oxygen atoms in total. The van der Waals surface area contributed by atoms with Gasteiger partial charge in [-0.05, 0) is 31.7 Å². The zero-order valence-corrected chi connectivity index (χ0v) is 13.9. The minimum absolute atomic E-state index is 0.0393. The van der Waals surface area contributed by atoms with Gasteiger partial charge < -0.3 is 10.6 Å². The Balaban J connectivity index is 1.60. The standard InChI is InChI=1S/C16H22N4OS/c1-10-5-3-4-6-13(10)20-14(21)8-17-15-12-7-11(2)22-16(12)19-9-18-15/h7,9-10,13H,3-6,8H2,1-2H3,(H,20,21)(H,17,18,19). The Morgan fingerprint density at radius 2 is 2.18 bits per heavy atom. The van der Waals surface area contributed by atoms with Crippen LogP contribution in [0.25, 0.3) is 10.2 Å². The minimum Gasteiger partial charge on any atom is -0.360 e. The molecule has 1 aliphatic carbocycles. The van der Waals surface area contributed by atoms with Crippen LogP contribution >= 0.6 is 11.3 Å². The normalized spacial score (nSPS) is 21.7. The molecule has 118 valence electrons. The van der Waals surface area contributed by atoms with Gasteiger partial charge in [0.1, 0.15) is 17.0 Å². The van der Waals surface area contributed by atoms with Crippen molar-refractivity contribution in [3.05, 3.63) is 17.3 Å². The number of nitrogens with zero attached hydrogens (tertiary/aromatic N) is 2. The van der Waals surface area contributed by atoms with Crippen LogP contribution in [0.1, 0.15) is 37.5 Å². The van der Waals surface area contributed by atoms with E-state index in [1.165, 1.54) is 24.1 Å². The Kier molecular flexibility index (Phi) is 4.57. The third-order valence-electron chi connectivity index (χ3n) is 4.33. The van der Waals surface area contributed by atoms with E-state index in [2.05, 4.69) is 33.6 Å². The van der Waals surface area contributed by atoms with Gasteiger partial charge in [-0.25, -0.2) is 9.97 Å². The molecule has 0 saturated heterocycles. The van der Waals surface area contributed by atoms with Crippen molar-refractivity contribution >= 4 is 33.3 Å². The summed E-state index contributed by atoms with van der Waals surface area (Å²) in [6, 6.07) is 2.38. The molecule has 1 aliphatic rings. The van der Waals surface area contributed by atoms with E-state index in [9.17, 15) is 4.79 Å². The maximum Gasteiger partial charge on any atom is 0.239 e. The average Bonchev–Trinajstić information content (AvgIpc) is 2.88. The molecule has 6 heteroatoms. The molecule has 2 unspecified atom stereocenters. The first kappa shape index (κ1) is 15.2. The van der Waals surface area contributed by atoms with Crippen LogP contribution in [0.5, 0.6) is 0 Å². The number of nitrogens with one attached hydrogen (secondary N) is 2. The molecule has 2 aromatic rings. The fourth-order valence-electron chi connectivity index (χ4n) is 3.07. The smallest absolute Gasteiger partial charge is 0.239 e. The van der Waals surface area contributed by atoms with Crippen LogP contribution in [0, 0.1) is 12.8 Å². The van der Waals surface area contributed by atoms with Crippen molar-refractivity contribution in [2.24, 2.45) is 5.92 Å². The van der Waals surface area contributed by atoms with Crippen LogP contribution in [-0.2, 0) is 4.79 Å². The van der Waals surface area contributed by atoms with Crippen molar-refractivity contribution in [1.82, 2.24) is 15.3 Å². The second kappa shape index (κ2) is 6.60. The summed E-state index contributed by atoms with van der Waals surface area (Å²) in [6.45, 7) is 4.52. The molecule has 0 spiro atoms. The highest BCUT2D eigenvalue weighted by molar-refractivity contribution is 7.18. The zero-order valence-electron chi connectivity index (χ0n) is 13.1. The first-order valence-corrected chi connectivity index (χ1v) is 8.69. The molecule has 2 N–H and O–H groups in total. The number of amides is 1. The molecular formula is C16H22N4OS. The number of thiophene rings is 1. The van der Waals surface area contributed by atoms with Gasteiger partial charge >= 0.3 is 0 Å². The zero-order chi connectivity index (χ0) is 15.5. The Morgan fingerprint density at radius 1 is 1.36 bits per heavy atom. The maximum atomic E-state index is 12.2. The van der Waals surface area contributed by atoms with Crippen molar-refractivity contribution in [3.8, 4) is 0 Å². The first-order chi connectivity index (χ1) is 10.6. The van der Waals surface area contributed by atoms with Gasteiger partial charge in [0.05, 0.1) is 11.9 Å². The van der Waals surface area contributed by atoms with Gasteiger partial charge in [-0.3, -0.25) is 4.79 Å². The van der Waals surface area contributed by atoms with Crippen LogP contribution in [0.15, 0.2) is 12.4 Å². The molecule has 1 fully saturated rings. The molecule has 1 amide bonds. The van der Waals surface area contributed by atoms with Gasteiger partial charge in [0.2, 0.25) is 5.91 Å². The van der Waals surface area contributed by atoms with Crippen molar-refractivity contribution in [3.63, 3.8) is 0 Å². The van der Waals surface area contributed by atoms with E-state index in [0.717, 1.165) is 22.5 Å². The minimum atomic E-state index is 0.0393. The van der Waals surface area contributed by atoms with Crippen LogP contribution in [-0.4, -0.2) is 28.5 Å². The fraction of sp³-hybridized carbons (Fsp3) is 0.562. The molecule has 0 aromatic carbocycles. The topological polar surface area (TPSA) is 66.9 Å². The van der Waals surface area contributed by atoms with Crippen molar-refractivity contribution < 1.29 is 4.79 Å². The van der Waals surface area contributed by atoms with Crippen molar-refractivity contribution in [2.45, 2.75) is 45.6 Å². The second-order valence-electron chi connectivity index (χ2n) is 6.09. The second-order valence-corrected chi connectivity index (χ2v) is 7.32. The summed E-state index contributed by atoms with van der Waals surface area (Å²) in [4.78, 5) is 22.8. The predicted molar refractivity (Wildman–Crippen MR) is 90.2 cm³/mol. The number of aryl methyl sites for hydroxylation is 1. The third-order valence-corrected chi connectivity index (χ3v) is 5.29. The van der Waals surface area contributed by atoms with Crippen LogP contribution < -0.4 is 10.6 Å². The van der Waals surface area contributed by atoms with E-state index >= 15 is 0 Å². The number of hydrogen-bond donors (Lipinski definition) is 2. The molecule has 0 bridgehead atoms. The van der Waals surface area contributed by atoms with Gasteiger partial charge in [0.25, 0.3) is 0 Å². The van der Waals surface area contributed by atoms with E-state index in [0.29, 0.717) is 12.0 Å². The van der Waals surface area contributed by atoms with Crippen LogP contribution in [0.2, 0.25) is 0 Å². The predicted octanol–water partition coefficient (Wildman–Crippen LogP) is 3.11. The highest BCUT2D eigenvalue weighted by atomic mass is 32.1. The van der Waals surface area contributed by atoms with Crippen molar-refractivity contribution in [2.75, 3.05) is 11.9 Å². The molecule has 0 aliphatic heterocycles. The number of rotatable bonds is 4. The number of anilines is 1. The number of hydrogen-bond acceptors (Lipinski definition) is 5. The molecule has 0 radical (unpaired) electrons.